The quantitative estimate of drug-likeness (QED) is 0.682. The van der Waals surface area contributed by atoms with E-state index >= 15 is 0 Å². The van der Waals surface area contributed by atoms with Gasteiger partial charge in [0, 0.05) is 17.1 Å². The Morgan fingerprint density at radius 2 is 1.46 bits per heavy atom. The maximum Gasteiger partial charge on any atom is 0.267 e. The van der Waals surface area contributed by atoms with E-state index in [2.05, 4.69) is 15.2 Å². The molecule has 2 aromatic carbocycles. The molecule has 0 aliphatic heterocycles. The Labute approximate surface area is 152 Å². The van der Waals surface area contributed by atoms with Crippen LogP contribution in [-0.2, 0) is 10.0 Å². The van der Waals surface area contributed by atoms with Gasteiger partial charge in [-0.2, -0.15) is 0 Å². The Bertz CT molecular complexity index is 974. The highest BCUT2D eigenvalue weighted by Gasteiger charge is 2.24. The number of methoxy groups -OCH3 is 1. The second-order valence-corrected chi connectivity index (χ2v) is 7.31. The third-order valence-electron chi connectivity index (χ3n) is 3.75. The van der Waals surface area contributed by atoms with Crippen molar-refractivity contribution in [1.29, 1.82) is 0 Å². The minimum atomic E-state index is -3.75. The number of hydrogen-bond acceptors (Lipinski definition) is 6. The Morgan fingerprint density at radius 1 is 0.923 bits per heavy atom. The van der Waals surface area contributed by atoms with Gasteiger partial charge in [-0.15, -0.1) is 0 Å². The van der Waals surface area contributed by atoms with Gasteiger partial charge in [0.05, 0.1) is 7.11 Å². The van der Waals surface area contributed by atoms with Crippen molar-refractivity contribution in [1.82, 2.24) is 5.16 Å². The van der Waals surface area contributed by atoms with Crippen molar-refractivity contribution in [2.75, 3.05) is 17.1 Å². The first-order valence-corrected chi connectivity index (χ1v) is 9.34. The average Bonchev–Trinajstić information content (AvgIpc) is 2.96. The molecule has 3 rings (SSSR count). The van der Waals surface area contributed by atoms with Crippen LogP contribution >= 0.6 is 0 Å². The molecular weight excluding hydrogens is 354 g/mol. The molecule has 0 aliphatic rings. The van der Waals surface area contributed by atoms with Crippen LogP contribution in [0, 0.1) is 13.8 Å². The molecule has 0 bridgehead atoms. The SMILES string of the molecule is COc1ccc(Nc2ccc(NS(=O)(=O)c3c(C)noc3C)cc2)cc1. The minimum Gasteiger partial charge on any atom is -0.497 e. The summed E-state index contributed by atoms with van der Waals surface area (Å²) in [5, 5.41) is 6.92. The lowest BCUT2D eigenvalue weighted by atomic mass is 10.2. The highest BCUT2D eigenvalue weighted by molar-refractivity contribution is 7.92. The molecule has 0 fully saturated rings. The molecule has 7 nitrogen and oxygen atoms in total. The first-order valence-electron chi connectivity index (χ1n) is 7.86. The molecule has 8 heteroatoms. The number of nitrogens with one attached hydrogen (secondary N) is 2. The Morgan fingerprint density at radius 3 is 1.96 bits per heavy atom. The molecule has 0 spiro atoms. The molecule has 1 aromatic heterocycles. The standard InChI is InChI=1S/C18H19N3O4S/c1-12-18(13(2)25-20-12)26(22,23)21-16-6-4-14(5-7-16)19-15-8-10-17(24-3)11-9-15/h4-11,19,21H,1-3H3. The highest BCUT2D eigenvalue weighted by atomic mass is 32.2. The van der Waals surface area contributed by atoms with Crippen molar-refractivity contribution in [3.8, 4) is 5.75 Å². The fraction of sp³-hybridized carbons (Fsp3) is 0.167. The summed E-state index contributed by atoms with van der Waals surface area (Å²) in [5.41, 5.74) is 2.50. The van der Waals surface area contributed by atoms with Crippen LogP contribution in [0.25, 0.3) is 0 Å². The van der Waals surface area contributed by atoms with Crippen molar-refractivity contribution in [3.63, 3.8) is 0 Å². The van der Waals surface area contributed by atoms with Crippen molar-refractivity contribution in [3.05, 3.63) is 60.0 Å². The van der Waals surface area contributed by atoms with E-state index in [1.54, 1.807) is 45.2 Å². The molecule has 26 heavy (non-hydrogen) atoms. The second kappa shape index (κ2) is 7.09. The first-order chi connectivity index (χ1) is 12.4. The molecule has 136 valence electrons. The molecule has 0 saturated carbocycles. The highest BCUT2D eigenvalue weighted by Crippen LogP contribution is 2.24. The summed E-state index contributed by atoms with van der Waals surface area (Å²) in [4.78, 5) is 0.0675. The smallest absolute Gasteiger partial charge is 0.267 e. The van der Waals surface area contributed by atoms with Gasteiger partial charge in [0.15, 0.2) is 10.7 Å². The number of aromatic nitrogens is 1. The van der Waals surface area contributed by atoms with E-state index in [0.29, 0.717) is 11.4 Å². The summed E-state index contributed by atoms with van der Waals surface area (Å²) in [6, 6.07) is 14.4. The summed E-state index contributed by atoms with van der Waals surface area (Å²) < 4.78 is 37.6. The van der Waals surface area contributed by atoms with Crippen LogP contribution in [-0.4, -0.2) is 20.7 Å². The molecule has 0 atom stereocenters. The summed E-state index contributed by atoms with van der Waals surface area (Å²) in [6.07, 6.45) is 0. The molecule has 0 radical (unpaired) electrons. The molecule has 2 N–H and O–H groups in total. The van der Waals surface area contributed by atoms with E-state index in [4.69, 9.17) is 9.26 Å². The van der Waals surface area contributed by atoms with E-state index in [1.165, 1.54) is 0 Å². The van der Waals surface area contributed by atoms with Crippen LogP contribution in [0.4, 0.5) is 17.1 Å². The van der Waals surface area contributed by atoms with E-state index in [1.807, 2.05) is 24.3 Å². The predicted octanol–water partition coefficient (Wildman–Crippen LogP) is 3.84. The van der Waals surface area contributed by atoms with Crippen LogP contribution in [0.3, 0.4) is 0 Å². The number of aryl methyl sites for hydroxylation is 2. The minimum absolute atomic E-state index is 0.0675. The predicted molar refractivity (Wildman–Crippen MR) is 99.5 cm³/mol. The molecular formula is C18H19N3O4S. The lowest BCUT2D eigenvalue weighted by Gasteiger charge is -2.10. The maximum atomic E-state index is 12.5. The van der Waals surface area contributed by atoms with Gasteiger partial charge >= 0.3 is 0 Å². The monoisotopic (exact) mass is 373 g/mol. The Balaban J connectivity index is 1.73. The molecule has 3 aromatic rings. The zero-order valence-corrected chi connectivity index (χ0v) is 15.4. The van der Waals surface area contributed by atoms with Crippen LogP contribution in [0.15, 0.2) is 57.9 Å². The third-order valence-corrected chi connectivity index (χ3v) is 5.38. The Kier molecular flexibility index (Phi) is 4.85. The van der Waals surface area contributed by atoms with Gasteiger partial charge in [-0.25, -0.2) is 8.42 Å². The van der Waals surface area contributed by atoms with Gasteiger partial charge in [-0.05, 0) is 62.4 Å². The van der Waals surface area contributed by atoms with Gasteiger partial charge in [-0.3, -0.25) is 4.72 Å². The number of rotatable bonds is 6. The van der Waals surface area contributed by atoms with Crippen LogP contribution in [0.5, 0.6) is 5.75 Å². The second-order valence-electron chi connectivity index (χ2n) is 5.69. The normalized spacial score (nSPS) is 11.2. The zero-order chi connectivity index (χ0) is 18.7. The van der Waals surface area contributed by atoms with Gasteiger partial charge in [0.2, 0.25) is 0 Å². The summed E-state index contributed by atoms with van der Waals surface area (Å²) >= 11 is 0. The lowest BCUT2D eigenvalue weighted by Crippen LogP contribution is -2.14. The topological polar surface area (TPSA) is 93.5 Å². The largest absolute Gasteiger partial charge is 0.497 e. The van der Waals surface area contributed by atoms with Crippen LogP contribution in [0.2, 0.25) is 0 Å². The van der Waals surface area contributed by atoms with E-state index in [0.717, 1.165) is 17.1 Å². The number of sulfonamides is 1. The summed E-state index contributed by atoms with van der Waals surface area (Å²) in [6.45, 7) is 3.16. The average molecular weight is 373 g/mol. The first kappa shape index (κ1) is 17.8. The molecule has 0 amide bonds. The van der Waals surface area contributed by atoms with Gasteiger partial charge < -0.3 is 14.6 Å². The summed E-state index contributed by atoms with van der Waals surface area (Å²) in [7, 11) is -2.14. The van der Waals surface area contributed by atoms with Crippen LogP contribution in [0.1, 0.15) is 11.5 Å². The van der Waals surface area contributed by atoms with Crippen molar-refractivity contribution >= 4 is 27.1 Å². The number of nitrogens with zero attached hydrogens (tertiary/aromatic N) is 1. The number of hydrogen-bond donors (Lipinski definition) is 2. The molecule has 0 aliphatic carbocycles. The van der Waals surface area contributed by atoms with Crippen molar-refractivity contribution in [2.24, 2.45) is 0 Å². The van der Waals surface area contributed by atoms with Gasteiger partial charge in [-0.1, -0.05) is 5.16 Å². The maximum absolute atomic E-state index is 12.5. The number of benzene rings is 2. The van der Waals surface area contributed by atoms with E-state index in [-0.39, 0.29) is 10.7 Å². The van der Waals surface area contributed by atoms with Crippen LogP contribution < -0.4 is 14.8 Å². The van der Waals surface area contributed by atoms with Gasteiger partial charge in [0.25, 0.3) is 10.0 Å². The molecule has 0 saturated heterocycles. The molecule has 0 unspecified atom stereocenters. The van der Waals surface area contributed by atoms with E-state index < -0.39 is 10.0 Å². The zero-order valence-electron chi connectivity index (χ0n) is 14.6. The Hall–Kier alpha value is -3.00. The lowest BCUT2D eigenvalue weighted by molar-refractivity contribution is 0.390. The third kappa shape index (κ3) is 3.80. The van der Waals surface area contributed by atoms with Gasteiger partial charge in [0.1, 0.15) is 11.4 Å². The summed E-state index contributed by atoms with van der Waals surface area (Å²) in [5.74, 6) is 1.03. The van der Waals surface area contributed by atoms with E-state index in [9.17, 15) is 8.42 Å². The fourth-order valence-electron chi connectivity index (χ4n) is 2.53. The van der Waals surface area contributed by atoms with Crippen molar-refractivity contribution in [2.45, 2.75) is 18.7 Å². The van der Waals surface area contributed by atoms with Crippen molar-refractivity contribution < 1.29 is 17.7 Å². The number of ether oxygens (including phenoxy) is 1. The number of anilines is 3. The fourth-order valence-corrected chi connectivity index (χ4v) is 3.92. The molecule has 1 heterocycles.